The Labute approximate surface area is 141 Å². The molecular weight excluding hydrogens is 331 g/mol. The predicted molar refractivity (Wildman–Crippen MR) is 93.6 cm³/mol. The maximum absolute atomic E-state index is 12.1. The Balaban J connectivity index is 2.00. The van der Waals surface area contributed by atoms with Crippen LogP contribution in [0.2, 0.25) is 25.7 Å². The highest BCUT2D eigenvalue weighted by Gasteiger charge is 2.25. The maximum Gasteiger partial charge on any atom is 0.399 e. The second-order valence-electron chi connectivity index (χ2n) is 7.00. The van der Waals surface area contributed by atoms with Crippen LogP contribution in [-0.4, -0.2) is 25.4 Å². The topological polar surface area (TPSA) is 14.2 Å². The molecule has 0 aliphatic carbocycles. The van der Waals surface area contributed by atoms with Crippen molar-refractivity contribution in [1.82, 2.24) is 4.57 Å². The van der Waals surface area contributed by atoms with Crippen molar-refractivity contribution >= 4 is 19.0 Å². The van der Waals surface area contributed by atoms with Crippen LogP contribution in [0.4, 0.5) is 13.2 Å². The highest BCUT2D eigenvalue weighted by Crippen LogP contribution is 2.20. The molecule has 2 aromatic rings. The van der Waals surface area contributed by atoms with E-state index in [4.69, 9.17) is 4.74 Å². The Morgan fingerprint density at radius 3 is 2.58 bits per heavy atom. The zero-order chi connectivity index (χ0) is 17.8. The van der Waals surface area contributed by atoms with Crippen molar-refractivity contribution in [3.05, 3.63) is 36.0 Å². The number of alkyl halides is 3. The molecule has 130 valence electrons. The molecular formula is C18H22F3NOSi. The lowest BCUT2D eigenvalue weighted by Gasteiger charge is -2.15. The number of rotatable bonds is 5. The van der Waals surface area contributed by atoms with Gasteiger partial charge in [0.2, 0.25) is 0 Å². The number of hydrogen-bond donors (Lipinski definition) is 0. The Bertz CT molecular complexity index is 747. The zero-order valence-corrected chi connectivity index (χ0v) is 15.2. The summed E-state index contributed by atoms with van der Waals surface area (Å²) in [7, 11) is -1.10. The van der Waals surface area contributed by atoms with Gasteiger partial charge in [0, 0.05) is 31.8 Å². The van der Waals surface area contributed by atoms with E-state index in [2.05, 4.69) is 31.5 Å². The van der Waals surface area contributed by atoms with Crippen LogP contribution in [-0.2, 0) is 11.5 Å². The third-order valence-electron chi connectivity index (χ3n) is 3.52. The molecule has 24 heavy (non-hydrogen) atoms. The summed E-state index contributed by atoms with van der Waals surface area (Å²) < 4.78 is 44.1. The van der Waals surface area contributed by atoms with Crippen molar-refractivity contribution in [2.45, 2.75) is 45.0 Å². The summed E-state index contributed by atoms with van der Waals surface area (Å²) in [6.07, 6.45) is -3.41. The lowest BCUT2D eigenvalue weighted by Crippen LogP contribution is -2.21. The molecule has 1 aromatic heterocycles. The molecule has 0 unspecified atom stereocenters. The van der Waals surface area contributed by atoms with E-state index in [1.807, 2.05) is 22.9 Å². The van der Waals surface area contributed by atoms with Gasteiger partial charge in [0.1, 0.15) is 13.2 Å². The molecule has 6 heteroatoms. The first-order valence-corrected chi connectivity index (χ1v) is 11.6. The third-order valence-corrected chi connectivity index (χ3v) is 5.22. The summed E-state index contributed by atoms with van der Waals surface area (Å²) in [5.41, 5.74) is 1.58. The summed E-state index contributed by atoms with van der Waals surface area (Å²) in [5.74, 6) is 4.73. The molecule has 2 nitrogen and oxygen atoms in total. The fourth-order valence-electron chi connectivity index (χ4n) is 2.18. The van der Waals surface area contributed by atoms with Crippen LogP contribution in [0.25, 0.3) is 10.9 Å². The van der Waals surface area contributed by atoms with Gasteiger partial charge in [-0.25, -0.2) is 0 Å². The normalized spacial score (nSPS) is 12.2. The molecule has 0 spiro atoms. The van der Waals surface area contributed by atoms with Gasteiger partial charge < -0.3 is 9.30 Å². The minimum Gasteiger partial charge on any atom is -0.361 e. The Kier molecular flexibility index (Phi) is 5.78. The highest BCUT2D eigenvalue weighted by molar-refractivity contribution is 6.76. The molecule has 0 saturated carbocycles. The Hall–Kier alpha value is -1.71. The van der Waals surface area contributed by atoms with Crippen molar-refractivity contribution in [3.8, 4) is 11.8 Å². The van der Waals surface area contributed by atoms with Gasteiger partial charge in [-0.3, -0.25) is 0 Å². The van der Waals surface area contributed by atoms with Crippen LogP contribution in [0.3, 0.4) is 0 Å². The van der Waals surface area contributed by atoms with Crippen molar-refractivity contribution in [1.29, 1.82) is 0 Å². The molecule has 0 radical (unpaired) electrons. The van der Waals surface area contributed by atoms with E-state index in [0.717, 1.165) is 23.6 Å². The summed E-state index contributed by atoms with van der Waals surface area (Å²) in [4.78, 5) is 0. The quantitative estimate of drug-likeness (QED) is 0.406. The van der Waals surface area contributed by atoms with E-state index < -0.39 is 20.7 Å². The van der Waals surface area contributed by atoms with E-state index in [0.29, 0.717) is 12.3 Å². The van der Waals surface area contributed by atoms with Gasteiger partial charge in [0.25, 0.3) is 0 Å². The molecule has 0 fully saturated rings. The van der Waals surface area contributed by atoms with Crippen LogP contribution in [0, 0.1) is 11.8 Å². The van der Waals surface area contributed by atoms with Crippen LogP contribution in [0.1, 0.15) is 12.0 Å². The maximum atomic E-state index is 12.1. The highest BCUT2D eigenvalue weighted by atomic mass is 28.3. The minimum absolute atomic E-state index is 0.479. The third kappa shape index (κ3) is 6.06. The number of aromatic nitrogens is 1. The Morgan fingerprint density at radius 2 is 1.92 bits per heavy atom. The fourth-order valence-corrected chi connectivity index (χ4v) is 2.93. The van der Waals surface area contributed by atoms with E-state index in [1.165, 1.54) is 0 Å². The molecule has 0 atom stereocenters. The molecule has 0 aliphatic rings. The number of hydrogen-bond acceptors (Lipinski definition) is 1. The number of nitrogens with zero attached hydrogens (tertiary/aromatic N) is 1. The monoisotopic (exact) mass is 353 g/mol. The van der Waals surface area contributed by atoms with Crippen molar-refractivity contribution < 1.29 is 17.9 Å². The first-order valence-electron chi connectivity index (χ1n) is 7.86. The second kappa shape index (κ2) is 7.45. The van der Waals surface area contributed by atoms with Crippen molar-refractivity contribution in [3.63, 3.8) is 0 Å². The summed E-state index contributed by atoms with van der Waals surface area (Å²) >= 11 is 0. The van der Waals surface area contributed by atoms with Gasteiger partial charge in [0.15, 0.2) is 0 Å². The molecule has 0 N–H and O–H groups in total. The van der Waals surface area contributed by atoms with E-state index in [1.54, 1.807) is 12.1 Å². The second-order valence-corrected chi connectivity index (χ2v) is 12.6. The number of benzene rings is 1. The van der Waals surface area contributed by atoms with Crippen LogP contribution < -0.4 is 0 Å². The standard InChI is InChI=1S/C18H22F3NOSi/c1-24(2,3)12-11-23-14-22-10-8-16-13-15(6-7-17(16)22)5-4-9-18(19,20)21/h6-8,10,13H,9,11-12,14H2,1-3H3. The van der Waals surface area contributed by atoms with Crippen LogP contribution in [0.15, 0.2) is 30.5 Å². The number of ether oxygens (including phenoxy) is 1. The smallest absolute Gasteiger partial charge is 0.361 e. The average Bonchev–Trinajstić information content (AvgIpc) is 2.84. The van der Waals surface area contributed by atoms with Crippen molar-refractivity contribution in [2.75, 3.05) is 6.61 Å². The largest absolute Gasteiger partial charge is 0.399 e. The van der Waals surface area contributed by atoms with Crippen molar-refractivity contribution in [2.24, 2.45) is 0 Å². The van der Waals surface area contributed by atoms with Gasteiger partial charge in [0.05, 0.1) is 5.52 Å². The molecule has 2 rings (SSSR count). The lowest BCUT2D eigenvalue weighted by atomic mass is 10.1. The van der Waals surface area contributed by atoms with E-state index in [-0.39, 0.29) is 0 Å². The first kappa shape index (κ1) is 18.6. The summed E-state index contributed by atoms with van der Waals surface area (Å²) in [5, 5.41) is 0.947. The predicted octanol–water partition coefficient (Wildman–Crippen LogP) is 5.26. The van der Waals surface area contributed by atoms with Gasteiger partial charge in [-0.1, -0.05) is 31.5 Å². The van der Waals surface area contributed by atoms with Gasteiger partial charge >= 0.3 is 6.18 Å². The SMILES string of the molecule is C[Si](C)(C)CCOCn1ccc2cc(C#CCC(F)(F)F)ccc21. The van der Waals surface area contributed by atoms with Gasteiger partial charge in [-0.15, -0.1) is 0 Å². The zero-order valence-electron chi connectivity index (χ0n) is 14.2. The summed E-state index contributed by atoms with van der Waals surface area (Å²) in [6.45, 7) is 8.15. The van der Waals surface area contributed by atoms with Gasteiger partial charge in [-0.2, -0.15) is 13.2 Å². The molecule has 0 amide bonds. The number of fused-ring (bicyclic) bond motifs is 1. The summed E-state index contributed by atoms with van der Waals surface area (Å²) in [6, 6.07) is 8.45. The minimum atomic E-state index is -4.24. The van der Waals surface area contributed by atoms with Gasteiger partial charge in [-0.05, 0) is 30.3 Å². The molecule has 0 bridgehead atoms. The molecule has 0 saturated heterocycles. The van der Waals surface area contributed by atoms with Crippen LogP contribution in [0.5, 0.6) is 0 Å². The Morgan fingerprint density at radius 1 is 1.17 bits per heavy atom. The lowest BCUT2D eigenvalue weighted by molar-refractivity contribution is -0.123. The average molecular weight is 353 g/mol. The molecule has 1 aromatic carbocycles. The van der Waals surface area contributed by atoms with E-state index >= 15 is 0 Å². The molecule has 1 heterocycles. The van der Waals surface area contributed by atoms with Crippen LogP contribution >= 0.6 is 0 Å². The number of halogens is 3. The first-order chi connectivity index (χ1) is 11.1. The fraction of sp³-hybridized carbons (Fsp3) is 0.444. The molecule has 0 aliphatic heterocycles. The van der Waals surface area contributed by atoms with E-state index in [9.17, 15) is 13.2 Å².